The zero-order valence-electron chi connectivity index (χ0n) is 17.6. The molecule has 3 aromatic rings. The van der Waals surface area contributed by atoms with Gasteiger partial charge < -0.3 is 9.88 Å². The normalized spacial score (nSPS) is 11.3. The van der Waals surface area contributed by atoms with Gasteiger partial charge in [0.2, 0.25) is 15.9 Å². The van der Waals surface area contributed by atoms with E-state index in [2.05, 4.69) is 10.4 Å². The summed E-state index contributed by atoms with van der Waals surface area (Å²) in [5.41, 5.74) is 0.247. The number of sulfonamides is 1. The Bertz CT molecular complexity index is 1320. The number of rotatable bonds is 8. The molecule has 11 heteroatoms. The van der Waals surface area contributed by atoms with Crippen LogP contribution in [0.2, 0.25) is 0 Å². The predicted octanol–water partition coefficient (Wildman–Crippen LogP) is 1.57. The van der Waals surface area contributed by atoms with Crippen molar-refractivity contribution in [1.82, 2.24) is 18.7 Å². The van der Waals surface area contributed by atoms with Gasteiger partial charge in [-0.3, -0.25) is 9.59 Å². The smallest absolute Gasteiger partial charge is 0.251 e. The van der Waals surface area contributed by atoms with Gasteiger partial charge in [0, 0.05) is 25.4 Å². The molecule has 3 rings (SSSR count). The molecule has 2 heterocycles. The van der Waals surface area contributed by atoms with Crippen LogP contribution in [0, 0.1) is 11.3 Å². The second-order valence-electron chi connectivity index (χ2n) is 6.73. The highest BCUT2D eigenvalue weighted by molar-refractivity contribution is 7.89. The first kappa shape index (κ1) is 22.9. The molecule has 0 spiro atoms. The number of benzene rings is 1. The Kier molecular flexibility index (Phi) is 6.87. The topological polar surface area (TPSA) is 130 Å². The van der Waals surface area contributed by atoms with Crippen LogP contribution >= 0.6 is 0 Å². The third-order valence-corrected chi connectivity index (χ3v) is 6.80. The first-order valence-electron chi connectivity index (χ1n) is 9.85. The summed E-state index contributed by atoms with van der Waals surface area (Å²) >= 11 is 0. The molecule has 10 nitrogen and oxygen atoms in total. The molecule has 1 N–H and O–H groups in total. The number of nitriles is 1. The van der Waals surface area contributed by atoms with Crippen LogP contribution in [-0.2, 0) is 21.4 Å². The predicted molar refractivity (Wildman–Crippen MR) is 118 cm³/mol. The minimum absolute atomic E-state index is 0.0827. The third kappa shape index (κ3) is 4.61. The lowest BCUT2D eigenvalue weighted by atomic mass is 10.3. The molecule has 0 saturated heterocycles. The van der Waals surface area contributed by atoms with Crippen molar-refractivity contribution in [3.63, 3.8) is 0 Å². The fourth-order valence-electron chi connectivity index (χ4n) is 3.14. The minimum Gasteiger partial charge on any atom is -0.308 e. The molecular formula is C21H22N6O4S. The lowest BCUT2D eigenvalue weighted by molar-refractivity contribution is -0.116. The lowest BCUT2D eigenvalue weighted by Gasteiger charge is -2.19. The number of anilines is 1. The highest BCUT2D eigenvalue weighted by Gasteiger charge is 2.23. The Morgan fingerprint density at radius 3 is 2.47 bits per heavy atom. The third-order valence-electron chi connectivity index (χ3n) is 4.76. The van der Waals surface area contributed by atoms with Crippen LogP contribution in [0.5, 0.6) is 0 Å². The fourth-order valence-corrected chi connectivity index (χ4v) is 4.62. The first-order valence-corrected chi connectivity index (χ1v) is 11.3. The molecule has 32 heavy (non-hydrogen) atoms. The number of hydrogen-bond acceptors (Lipinski definition) is 6. The Morgan fingerprint density at radius 2 is 1.84 bits per heavy atom. The Hall–Kier alpha value is -3.75. The number of carbonyl (C=O) groups is 1. The maximum absolute atomic E-state index is 12.7. The van der Waals surface area contributed by atoms with Gasteiger partial charge in [-0.15, -0.1) is 0 Å². The molecule has 0 bridgehead atoms. The summed E-state index contributed by atoms with van der Waals surface area (Å²) in [6.45, 7) is 3.54. The van der Waals surface area contributed by atoms with Crippen molar-refractivity contribution in [2.45, 2.75) is 25.3 Å². The molecule has 1 aromatic carbocycles. The van der Waals surface area contributed by atoms with Gasteiger partial charge in [0.15, 0.2) is 5.82 Å². The van der Waals surface area contributed by atoms with E-state index in [0.29, 0.717) is 5.69 Å². The molecule has 0 radical (unpaired) electrons. The van der Waals surface area contributed by atoms with Crippen molar-refractivity contribution >= 4 is 21.7 Å². The van der Waals surface area contributed by atoms with Crippen molar-refractivity contribution < 1.29 is 13.2 Å². The largest absolute Gasteiger partial charge is 0.308 e. The number of hydrogen-bond donors (Lipinski definition) is 1. The van der Waals surface area contributed by atoms with Gasteiger partial charge in [-0.1, -0.05) is 32.0 Å². The maximum atomic E-state index is 12.7. The van der Waals surface area contributed by atoms with E-state index >= 15 is 0 Å². The average molecular weight is 455 g/mol. The highest BCUT2D eigenvalue weighted by atomic mass is 32.2. The van der Waals surface area contributed by atoms with Crippen LogP contribution in [0.15, 0.2) is 64.5 Å². The quantitative estimate of drug-likeness (QED) is 0.550. The summed E-state index contributed by atoms with van der Waals surface area (Å²) in [6, 6.07) is 13.2. The SMILES string of the molecule is CCN(CC)S(=O)(=O)c1ccc(=O)n(CC(=O)Nc2c(C#N)cnn2-c2ccccc2)c1. The van der Waals surface area contributed by atoms with E-state index in [1.54, 1.807) is 38.1 Å². The zero-order valence-corrected chi connectivity index (χ0v) is 18.4. The lowest BCUT2D eigenvalue weighted by Crippen LogP contribution is -2.33. The van der Waals surface area contributed by atoms with Crippen molar-refractivity contribution in [2.75, 3.05) is 18.4 Å². The second kappa shape index (κ2) is 9.59. The molecule has 0 unspecified atom stereocenters. The number of nitrogens with zero attached hydrogens (tertiary/aromatic N) is 5. The fraction of sp³-hybridized carbons (Fsp3) is 0.238. The van der Waals surface area contributed by atoms with E-state index in [4.69, 9.17) is 0 Å². The van der Waals surface area contributed by atoms with E-state index in [-0.39, 0.29) is 29.4 Å². The standard InChI is InChI=1S/C21H22N6O4S/c1-3-26(4-2)32(30,31)18-10-11-20(29)25(14-18)15-19(28)24-21-16(12-22)13-23-27(21)17-8-6-5-7-9-17/h5-11,13-14H,3-4,15H2,1-2H3,(H,24,28). The Labute approximate surface area is 185 Å². The Morgan fingerprint density at radius 1 is 1.16 bits per heavy atom. The summed E-state index contributed by atoms with van der Waals surface area (Å²) in [4.78, 5) is 24.9. The van der Waals surface area contributed by atoms with Crippen LogP contribution in [-0.4, -0.2) is 46.1 Å². The van der Waals surface area contributed by atoms with Gasteiger partial charge in [0.05, 0.1) is 16.8 Å². The van der Waals surface area contributed by atoms with E-state index in [9.17, 15) is 23.3 Å². The van der Waals surface area contributed by atoms with Crippen molar-refractivity contribution in [2.24, 2.45) is 0 Å². The second-order valence-corrected chi connectivity index (χ2v) is 8.67. The summed E-state index contributed by atoms with van der Waals surface area (Å²) in [6.07, 6.45) is 2.47. The zero-order chi connectivity index (χ0) is 23.3. The number of nitrogens with one attached hydrogen (secondary N) is 1. The Balaban J connectivity index is 1.89. The number of aromatic nitrogens is 3. The van der Waals surface area contributed by atoms with Crippen LogP contribution in [0.1, 0.15) is 19.4 Å². The van der Waals surface area contributed by atoms with Gasteiger partial charge in [0.25, 0.3) is 5.56 Å². The van der Waals surface area contributed by atoms with Gasteiger partial charge in [-0.25, -0.2) is 13.1 Å². The molecule has 0 aliphatic rings. The molecule has 166 valence electrons. The molecule has 0 atom stereocenters. The van der Waals surface area contributed by atoms with Crippen molar-refractivity contribution in [1.29, 1.82) is 5.26 Å². The average Bonchev–Trinajstić information content (AvgIpc) is 3.18. The van der Waals surface area contributed by atoms with Crippen LogP contribution in [0.4, 0.5) is 5.82 Å². The van der Waals surface area contributed by atoms with E-state index < -0.39 is 28.0 Å². The summed E-state index contributed by atoms with van der Waals surface area (Å²) in [7, 11) is -3.79. The first-order chi connectivity index (χ1) is 15.3. The number of carbonyl (C=O) groups excluding carboxylic acids is 1. The molecule has 1 amide bonds. The van der Waals surface area contributed by atoms with E-state index in [0.717, 1.165) is 16.8 Å². The monoisotopic (exact) mass is 454 g/mol. The van der Waals surface area contributed by atoms with Gasteiger partial charge in [-0.05, 0) is 18.2 Å². The molecule has 0 fully saturated rings. The summed E-state index contributed by atoms with van der Waals surface area (Å²) < 4.78 is 29.2. The molecule has 0 saturated carbocycles. The van der Waals surface area contributed by atoms with Crippen LogP contribution < -0.4 is 10.9 Å². The minimum atomic E-state index is -3.79. The van der Waals surface area contributed by atoms with Crippen molar-refractivity contribution in [3.05, 3.63) is 70.8 Å². The number of amides is 1. The molecule has 2 aromatic heterocycles. The van der Waals surface area contributed by atoms with E-state index in [1.165, 1.54) is 21.3 Å². The maximum Gasteiger partial charge on any atom is 0.251 e. The van der Waals surface area contributed by atoms with Crippen LogP contribution in [0.3, 0.4) is 0 Å². The molecular weight excluding hydrogens is 432 g/mol. The number of pyridine rings is 1. The highest BCUT2D eigenvalue weighted by Crippen LogP contribution is 2.20. The molecule has 0 aliphatic heterocycles. The van der Waals surface area contributed by atoms with Gasteiger partial charge >= 0.3 is 0 Å². The van der Waals surface area contributed by atoms with Crippen molar-refractivity contribution in [3.8, 4) is 11.8 Å². The van der Waals surface area contributed by atoms with E-state index in [1.807, 2.05) is 12.1 Å². The van der Waals surface area contributed by atoms with Gasteiger partial charge in [0.1, 0.15) is 18.2 Å². The van der Waals surface area contributed by atoms with Crippen LogP contribution in [0.25, 0.3) is 5.69 Å². The van der Waals surface area contributed by atoms with Gasteiger partial charge in [-0.2, -0.15) is 14.7 Å². The molecule has 0 aliphatic carbocycles. The summed E-state index contributed by atoms with van der Waals surface area (Å²) in [5.74, 6) is -0.456. The summed E-state index contributed by atoms with van der Waals surface area (Å²) in [5, 5.41) is 16.1. The number of para-hydroxylation sites is 1.